The summed E-state index contributed by atoms with van der Waals surface area (Å²) >= 11 is 0. The molecule has 102 valence electrons. The molecule has 0 atom stereocenters. The zero-order chi connectivity index (χ0) is 14.3. The molecule has 0 spiro atoms. The van der Waals surface area contributed by atoms with Gasteiger partial charge in [-0.25, -0.2) is 9.50 Å². The van der Waals surface area contributed by atoms with E-state index in [-0.39, 0.29) is 5.65 Å². The second-order valence-electron chi connectivity index (χ2n) is 4.45. The SMILES string of the molecule is Cc1cc(C(F)(F)F)nc2cc(-c3ccccc3)nn12. The molecule has 0 amide bonds. The predicted octanol–water partition coefficient (Wildman–Crippen LogP) is 3.72. The summed E-state index contributed by atoms with van der Waals surface area (Å²) in [6.45, 7) is 1.58. The van der Waals surface area contributed by atoms with Crippen LogP contribution >= 0.6 is 0 Å². The molecule has 0 aliphatic rings. The van der Waals surface area contributed by atoms with Crippen LogP contribution in [-0.2, 0) is 6.18 Å². The largest absolute Gasteiger partial charge is 0.433 e. The predicted molar refractivity (Wildman–Crippen MR) is 68.2 cm³/mol. The molecular formula is C14H10F3N3. The van der Waals surface area contributed by atoms with E-state index in [9.17, 15) is 13.2 Å². The van der Waals surface area contributed by atoms with Crippen LogP contribution in [0.3, 0.4) is 0 Å². The number of alkyl halides is 3. The summed E-state index contributed by atoms with van der Waals surface area (Å²) in [6.07, 6.45) is -4.45. The van der Waals surface area contributed by atoms with E-state index < -0.39 is 11.9 Å². The van der Waals surface area contributed by atoms with Gasteiger partial charge in [0.2, 0.25) is 0 Å². The van der Waals surface area contributed by atoms with Gasteiger partial charge in [-0.3, -0.25) is 0 Å². The molecule has 3 aromatic rings. The van der Waals surface area contributed by atoms with Gasteiger partial charge in [0, 0.05) is 17.3 Å². The van der Waals surface area contributed by atoms with Gasteiger partial charge < -0.3 is 0 Å². The Morgan fingerprint density at radius 3 is 2.40 bits per heavy atom. The summed E-state index contributed by atoms with van der Waals surface area (Å²) < 4.78 is 39.6. The van der Waals surface area contributed by atoms with Crippen LogP contribution in [-0.4, -0.2) is 14.6 Å². The molecule has 20 heavy (non-hydrogen) atoms. The fourth-order valence-electron chi connectivity index (χ4n) is 2.02. The average molecular weight is 277 g/mol. The first kappa shape index (κ1) is 12.7. The van der Waals surface area contributed by atoms with Gasteiger partial charge in [0.1, 0.15) is 5.69 Å². The van der Waals surface area contributed by atoms with Gasteiger partial charge in [-0.05, 0) is 13.0 Å². The van der Waals surface area contributed by atoms with Gasteiger partial charge in [-0.15, -0.1) is 0 Å². The summed E-state index contributed by atoms with van der Waals surface area (Å²) in [4.78, 5) is 3.63. The first-order chi connectivity index (χ1) is 9.45. The van der Waals surface area contributed by atoms with Crippen molar-refractivity contribution in [1.29, 1.82) is 0 Å². The Balaban J connectivity index is 2.19. The summed E-state index contributed by atoms with van der Waals surface area (Å²) in [6, 6.07) is 11.8. The molecule has 3 rings (SSSR count). The van der Waals surface area contributed by atoms with E-state index >= 15 is 0 Å². The Morgan fingerprint density at radius 2 is 1.75 bits per heavy atom. The molecule has 0 aliphatic carbocycles. The van der Waals surface area contributed by atoms with Gasteiger partial charge >= 0.3 is 6.18 Å². The molecule has 0 aliphatic heterocycles. The van der Waals surface area contributed by atoms with Gasteiger partial charge in [-0.1, -0.05) is 30.3 Å². The van der Waals surface area contributed by atoms with Crippen LogP contribution in [0.5, 0.6) is 0 Å². The molecular weight excluding hydrogens is 267 g/mol. The Kier molecular flexibility index (Phi) is 2.74. The van der Waals surface area contributed by atoms with Crippen molar-refractivity contribution in [2.75, 3.05) is 0 Å². The molecule has 0 N–H and O–H groups in total. The minimum absolute atomic E-state index is 0.191. The number of aryl methyl sites for hydroxylation is 1. The van der Waals surface area contributed by atoms with E-state index in [0.29, 0.717) is 11.4 Å². The third-order valence-electron chi connectivity index (χ3n) is 2.97. The minimum Gasteiger partial charge on any atom is -0.224 e. The summed E-state index contributed by atoms with van der Waals surface area (Å²) in [5.41, 5.74) is 1.12. The van der Waals surface area contributed by atoms with Crippen LogP contribution in [0.15, 0.2) is 42.5 Å². The van der Waals surface area contributed by atoms with Crippen LogP contribution in [0.25, 0.3) is 16.9 Å². The Morgan fingerprint density at radius 1 is 1.05 bits per heavy atom. The highest BCUT2D eigenvalue weighted by Gasteiger charge is 2.33. The molecule has 0 fully saturated rings. The van der Waals surface area contributed by atoms with Crippen LogP contribution in [0.4, 0.5) is 13.2 Å². The summed E-state index contributed by atoms with van der Waals surface area (Å²) in [7, 11) is 0. The average Bonchev–Trinajstić information content (AvgIpc) is 2.83. The highest BCUT2D eigenvalue weighted by atomic mass is 19.4. The Labute approximate surface area is 112 Å². The molecule has 0 radical (unpaired) electrons. The lowest BCUT2D eigenvalue weighted by atomic mass is 10.2. The second kappa shape index (κ2) is 4.33. The van der Waals surface area contributed by atoms with Crippen LogP contribution in [0, 0.1) is 6.92 Å². The third kappa shape index (κ3) is 2.13. The third-order valence-corrected chi connectivity index (χ3v) is 2.97. The first-order valence-corrected chi connectivity index (χ1v) is 5.95. The minimum atomic E-state index is -4.45. The fraction of sp³-hybridized carbons (Fsp3) is 0.143. The molecule has 0 saturated carbocycles. The molecule has 2 aromatic heterocycles. The van der Waals surface area contributed by atoms with E-state index in [2.05, 4.69) is 10.1 Å². The standard InChI is InChI=1S/C14H10F3N3/c1-9-7-12(14(15,16)17)18-13-8-11(19-20(9)13)10-5-3-2-4-6-10/h2-8H,1H3. The van der Waals surface area contributed by atoms with Crippen molar-refractivity contribution in [3.8, 4) is 11.3 Å². The molecule has 2 heterocycles. The Bertz CT molecular complexity index is 760. The van der Waals surface area contributed by atoms with Crippen molar-refractivity contribution < 1.29 is 13.2 Å². The Hall–Kier alpha value is -2.37. The van der Waals surface area contributed by atoms with Crippen molar-refractivity contribution in [2.24, 2.45) is 0 Å². The second-order valence-corrected chi connectivity index (χ2v) is 4.45. The van der Waals surface area contributed by atoms with E-state index in [4.69, 9.17) is 0 Å². The topological polar surface area (TPSA) is 30.2 Å². The maximum Gasteiger partial charge on any atom is 0.433 e. The number of aromatic nitrogens is 3. The van der Waals surface area contributed by atoms with E-state index in [1.54, 1.807) is 13.0 Å². The number of rotatable bonds is 1. The number of halogens is 3. The first-order valence-electron chi connectivity index (χ1n) is 5.95. The van der Waals surface area contributed by atoms with E-state index in [0.717, 1.165) is 11.6 Å². The quantitative estimate of drug-likeness (QED) is 0.678. The van der Waals surface area contributed by atoms with Crippen LogP contribution < -0.4 is 0 Å². The monoisotopic (exact) mass is 277 g/mol. The maximum atomic E-state index is 12.7. The van der Waals surface area contributed by atoms with Crippen molar-refractivity contribution >= 4 is 5.65 Å². The van der Waals surface area contributed by atoms with Crippen molar-refractivity contribution in [3.63, 3.8) is 0 Å². The molecule has 3 nitrogen and oxygen atoms in total. The zero-order valence-electron chi connectivity index (χ0n) is 10.5. The highest BCUT2D eigenvalue weighted by molar-refractivity contribution is 5.64. The lowest BCUT2D eigenvalue weighted by Gasteiger charge is -2.07. The highest BCUT2D eigenvalue weighted by Crippen LogP contribution is 2.29. The fourth-order valence-corrected chi connectivity index (χ4v) is 2.02. The van der Waals surface area contributed by atoms with Crippen molar-refractivity contribution in [3.05, 3.63) is 53.9 Å². The zero-order valence-corrected chi connectivity index (χ0v) is 10.5. The number of hydrogen-bond acceptors (Lipinski definition) is 2. The van der Waals surface area contributed by atoms with Gasteiger partial charge in [0.05, 0.1) is 5.69 Å². The number of nitrogens with zero attached hydrogens (tertiary/aromatic N) is 3. The van der Waals surface area contributed by atoms with Gasteiger partial charge in [-0.2, -0.15) is 18.3 Å². The van der Waals surface area contributed by atoms with Gasteiger partial charge in [0.15, 0.2) is 5.65 Å². The van der Waals surface area contributed by atoms with Gasteiger partial charge in [0.25, 0.3) is 0 Å². The summed E-state index contributed by atoms with van der Waals surface area (Å²) in [5, 5.41) is 4.29. The van der Waals surface area contributed by atoms with Crippen molar-refractivity contribution in [2.45, 2.75) is 13.1 Å². The smallest absolute Gasteiger partial charge is 0.224 e. The number of hydrogen-bond donors (Lipinski definition) is 0. The van der Waals surface area contributed by atoms with E-state index in [1.807, 2.05) is 30.3 Å². The van der Waals surface area contributed by atoms with Crippen LogP contribution in [0.1, 0.15) is 11.4 Å². The molecule has 0 unspecified atom stereocenters. The molecule has 0 bridgehead atoms. The van der Waals surface area contributed by atoms with Crippen molar-refractivity contribution in [1.82, 2.24) is 14.6 Å². The summed E-state index contributed by atoms with van der Waals surface area (Å²) in [5.74, 6) is 0. The number of fused-ring (bicyclic) bond motifs is 1. The van der Waals surface area contributed by atoms with Crippen LogP contribution in [0.2, 0.25) is 0 Å². The maximum absolute atomic E-state index is 12.7. The number of benzene rings is 1. The lowest BCUT2D eigenvalue weighted by molar-refractivity contribution is -0.141. The molecule has 6 heteroatoms. The molecule has 0 saturated heterocycles. The van der Waals surface area contributed by atoms with E-state index in [1.165, 1.54) is 4.52 Å². The normalized spacial score (nSPS) is 12.0. The lowest BCUT2D eigenvalue weighted by Crippen LogP contribution is -2.10. The molecule has 1 aromatic carbocycles.